The number of halogens is 1. The van der Waals surface area contributed by atoms with Crippen LogP contribution in [0.1, 0.15) is 0 Å². The number of hydrogen-bond acceptors (Lipinski definition) is 8. The number of carbonyl (C=O) groups is 1. The average Bonchev–Trinajstić information content (AvgIpc) is 3.13. The quantitative estimate of drug-likeness (QED) is 0.487. The van der Waals surface area contributed by atoms with Gasteiger partial charge in [0.2, 0.25) is 17.0 Å². The van der Waals surface area contributed by atoms with Crippen LogP contribution in [0.2, 0.25) is 0 Å². The molecule has 3 heterocycles. The molecule has 0 atom stereocenters. The molecule has 2 aromatic heterocycles. The summed E-state index contributed by atoms with van der Waals surface area (Å²) in [4.78, 5) is 24.9. The summed E-state index contributed by atoms with van der Waals surface area (Å²) in [7, 11) is 0. The van der Waals surface area contributed by atoms with Crippen LogP contribution in [-0.4, -0.2) is 67.6 Å². The second-order valence-corrected chi connectivity index (χ2v) is 7.33. The Morgan fingerprint density at radius 2 is 1.76 bits per heavy atom. The van der Waals surface area contributed by atoms with Crippen LogP contribution >= 0.6 is 11.8 Å². The summed E-state index contributed by atoms with van der Waals surface area (Å²) in [5, 5.41) is 8.52. The van der Waals surface area contributed by atoms with Crippen LogP contribution in [0.25, 0.3) is 11.4 Å². The van der Waals surface area contributed by atoms with E-state index < -0.39 is 0 Å². The lowest BCUT2D eigenvalue weighted by Gasteiger charge is -2.34. The van der Waals surface area contributed by atoms with E-state index in [-0.39, 0.29) is 17.5 Å². The molecule has 0 spiro atoms. The Labute approximate surface area is 170 Å². The van der Waals surface area contributed by atoms with Gasteiger partial charge in [-0.25, -0.2) is 19.0 Å². The molecule has 0 aliphatic carbocycles. The minimum Gasteiger partial charge on any atom is -0.338 e. The van der Waals surface area contributed by atoms with Gasteiger partial charge in [0.05, 0.1) is 5.75 Å². The molecule has 3 aromatic rings. The number of rotatable bonds is 5. The van der Waals surface area contributed by atoms with Crippen molar-refractivity contribution < 1.29 is 9.18 Å². The smallest absolute Gasteiger partial charge is 0.233 e. The average molecular weight is 414 g/mol. The molecule has 0 unspecified atom stereocenters. The molecule has 0 radical (unpaired) electrons. The Morgan fingerprint density at radius 1 is 1.07 bits per heavy atom. The maximum Gasteiger partial charge on any atom is 0.233 e. The van der Waals surface area contributed by atoms with E-state index in [1.54, 1.807) is 30.6 Å². The molecular weight excluding hydrogens is 395 g/mol. The van der Waals surface area contributed by atoms with Crippen molar-refractivity contribution in [2.45, 2.75) is 5.16 Å². The zero-order valence-electron chi connectivity index (χ0n) is 15.5. The highest BCUT2D eigenvalue weighted by Gasteiger charge is 2.23. The molecule has 2 N–H and O–H groups in total. The largest absolute Gasteiger partial charge is 0.338 e. The maximum absolute atomic E-state index is 13.1. The lowest BCUT2D eigenvalue weighted by Crippen LogP contribution is -2.49. The zero-order chi connectivity index (χ0) is 20.2. The Hall–Kier alpha value is -3.21. The molecule has 1 aromatic carbocycles. The second kappa shape index (κ2) is 8.43. The van der Waals surface area contributed by atoms with E-state index >= 15 is 0 Å². The fourth-order valence-electron chi connectivity index (χ4n) is 3.00. The third kappa shape index (κ3) is 4.29. The summed E-state index contributed by atoms with van der Waals surface area (Å²) in [5.41, 5.74) is 0.652. The number of anilines is 1. The van der Waals surface area contributed by atoms with Crippen LogP contribution in [0.15, 0.2) is 47.9 Å². The number of piperazine rings is 1. The molecule has 1 aliphatic heterocycles. The van der Waals surface area contributed by atoms with Crippen molar-refractivity contribution in [3.63, 3.8) is 0 Å². The van der Waals surface area contributed by atoms with Crippen molar-refractivity contribution in [2.75, 3.05) is 42.7 Å². The SMILES string of the molecule is Nn1c(SCC(=O)N2CCN(c3ncccn3)CC2)nnc1-c1ccc(F)cc1. The Bertz CT molecular complexity index is 973. The molecule has 1 saturated heterocycles. The lowest BCUT2D eigenvalue weighted by molar-refractivity contribution is -0.128. The highest BCUT2D eigenvalue weighted by atomic mass is 32.2. The molecule has 1 aliphatic rings. The van der Waals surface area contributed by atoms with E-state index in [4.69, 9.17) is 5.84 Å². The first-order chi connectivity index (χ1) is 14.1. The first-order valence-corrected chi connectivity index (χ1v) is 9.99. The van der Waals surface area contributed by atoms with Crippen molar-refractivity contribution in [1.82, 2.24) is 29.7 Å². The molecular formula is C18H19FN8OS. The van der Waals surface area contributed by atoms with Crippen molar-refractivity contribution >= 4 is 23.6 Å². The molecule has 1 fully saturated rings. The predicted molar refractivity (Wildman–Crippen MR) is 107 cm³/mol. The number of amides is 1. The van der Waals surface area contributed by atoms with Crippen LogP contribution in [0.4, 0.5) is 10.3 Å². The fraction of sp³-hybridized carbons (Fsp3) is 0.278. The second-order valence-electron chi connectivity index (χ2n) is 6.39. The van der Waals surface area contributed by atoms with Gasteiger partial charge in [-0.15, -0.1) is 10.2 Å². The Morgan fingerprint density at radius 3 is 2.45 bits per heavy atom. The van der Waals surface area contributed by atoms with Gasteiger partial charge in [0.1, 0.15) is 5.82 Å². The van der Waals surface area contributed by atoms with Gasteiger partial charge in [-0.3, -0.25) is 4.79 Å². The van der Waals surface area contributed by atoms with E-state index in [0.717, 1.165) is 0 Å². The van der Waals surface area contributed by atoms with Crippen LogP contribution in [0, 0.1) is 5.82 Å². The topological polar surface area (TPSA) is 106 Å². The van der Waals surface area contributed by atoms with Gasteiger partial charge in [-0.2, -0.15) is 0 Å². The number of benzene rings is 1. The van der Waals surface area contributed by atoms with Crippen molar-refractivity contribution in [3.8, 4) is 11.4 Å². The van der Waals surface area contributed by atoms with Gasteiger partial charge < -0.3 is 15.6 Å². The Balaban J connectivity index is 1.32. The molecule has 11 heteroatoms. The van der Waals surface area contributed by atoms with Crippen LogP contribution in [0.5, 0.6) is 0 Å². The summed E-state index contributed by atoms with van der Waals surface area (Å²) < 4.78 is 14.4. The van der Waals surface area contributed by atoms with Gasteiger partial charge in [-0.1, -0.05) is 11.8 Å². The number of nitrogens with zero attached hydrogens (tertiary/aromatic N) is 7. The highest BCUT2D eigenvalue weighted by molar-refractivity contribution is 7.99. The molecule has 150 valence electrons. The van der Waals surface area contributed by atoms with Crippen molar-refractivity contribution in [3.05, 3.63) is 48.5 Å². The summed E-state index contributed by atoms with van der Waals surface area (Å²) in [6.45, 7) is 2.58. The first-order valence-electron chi connectivity index (χ1n) is 9.01. The number of nitrogen functional groups attached to an aromatic ring is 1. The van der Waals surface area contributed by atoms with Gasteiger partial charge in [0, 0.05) is 44.1 Å². The lowest BCUT2D eigenvalue weighted by atomic mass is 10.2. The third-order valence-corrected chi connectivity index (χ3v) is 5.49. The maximum atomic E-state index is 13.1. The summed E-state index contributed by atoms with van der Waals surface area (Å²) in [6.07, 6.45) is 3.42. The van der Waals surface area contributed by atoms with Crippen molar-refractivity contribution in [2.24, 2.45) is 0 Å². The first kappa shape index (κ1) is 19.1. The number of nitrogens with two attached hydrogens (primary N) is 1. The minimum atomic E-state index is -0.337. The van der Waals surface area contributed by atoms with E-state index in [0.29, 0.717) is 48.7 Å². The third-order valence-electron chi connectivity index (χ3n) is 4.56. The molecule has 4 rings (SSSR count). The molecule has 1 amide bonds. The normalized spacial score (nSPS) is 14.2. The number of thioether (sulfide) groups is 1. The number of carbonyl (C=O) groups excluding carboxylic acids is 1. The monoisotopic (exact) mass is 414 g/mol. The van der Waals surface area contributed by atoms with Gasteiger partial charge in [-0.05, 0) is 30.3 Å². The van der Waals surface area contributed by atoms with E-state index in [9.17, 15) is 9.18 Å². The van der Waals surface area contributed by atoms with E-state index in [2.05, 4.69) is 25.1 Å². The zero-order valence-corrected chi connectivity index (χ0v) is 16.3. The van der Waals surface area contributed by atoms with Crippen LogP contribution in [-0.2, 0) is 4.79 Å². The van der Waals surface area contributed by atoms with Gasteiger partial charge >= 0.3 is 0 Å². The van der Waals surface area contributed by atoms with Crippen LogP contribution < -0.4 is 10.7 Å². The minimum absolute atomic E-state index is 0.00922. The van der Waals surface area contributed by atoms with E-state index in [1.807, 2.05) is 4.90 Å². The molecule has 0 bridgehead atoms. The fourth-order valence-corrected chi connectivity index (χ4v) is 3.76. The number of hydrogen-bond donors (Lipinski definition) is 1. The predicted octanol–water partition coefficient (Wildman–Crippen LogP) is 1.03. The van der Waals surface area contributed by atoms with Crippen LogP contribution in [0.3, 0.4) is 0 Å². The number of aromatic nitrogens is 5. The van der Waals surface area contributed by atoms with Gasteiger partial charge in [0.15, 0.2) is 5.82 Å². The molecule has 29 heavy (non-hydrogen) atoms. The van der Waals surface area contributed by atoms with Crippen molar-refractivity contribution in [1.29, 1.82) is 0 Å². The standard InChI is InChI=1S/C18H19FN8OS/c19-14-4-2-13(3-5-14)16-23-24-18(27(16)20)29-12-15(28)25-8-10-26(11-9-25)17-21-6-1-7-22-17/h1-7H,8-12,20H2. The summed E-state index contributed by atoms with van der Waals surface area (Å²) >= 11 is 1.23. The molecule has 9 nitrogen and oxygen atoms in total. The van der Waals surface area contributed by atoms with Gasteiger partial charge in [0.25, 0.3) is 0 Å². The Kier molecular flexibility index (Phi) is 5.56. The molecule has 0 saturated carbocycles. The van der Waals surface area contributed by atoms with E-state index in [1.165, 1.54) is 28.6 Å². The summed E-state index contributed by atoms with van der Waals surface area (Å²) in [6, 6.07) is 7.61. The highest BCUT2D eigenvalue weighted by Crippen LogP contribution is 2.22. The summed E-state index contributed by atoms with van der Waals surface area (Å²) in [5.74, 6) is 7.03.